The summed E-state index contributed by atoms with van der Waals surface area (Å²) < 4.78 is 5.65. The van der Waals surface area contributed by atoms with Crippen molar-refractivity contribution in [3.8, 4) is 0 Å². The van der Waals surface area contributed by atoms with Gasteiger partial charge >= 0.3 is 0 Å². The van der Waals surface area contributed by atoms with E-state index in [1.807, 2.05) is 0 Å². The van der Waals surface area contributed by atoms with E-state index in [0.29, 0.717) is 6.10 Å². The van der Waals surface area contributed by atoms with Gasteiger partial charge in [-0.2, -0.15) is 0 Å². The Labute approximate surface area is 75.9 Å². The molecule has 0 aromatic rings. The molecule has 0 aromatic carbocycles. The third kappa shape index (κ3) is 3.55. The Hall–Kier alpha value is -0.0800. The van der Waals surface area contributed by atoms with Crippen LogP contribution in [-0.2, 0) is 4.74 Å². The molecular weight excluding hydrogens is 150 g/mol. The number of hydrogen-bond acceptors (Lipinski definition) is 2. The Kier molecular flexibility index (Phi) is 4.62. The van der Waals surface area contributed by atoms with Gasteiger partial charge in [0, 0.05) is 6.54 Å². The van der Waals surface area contributed by atoms with Gasteiger partial charge in [0.25, 0.3) is 0 Å². The Morgan fingerprint density at radius 3 is 2.58 bits per heavy atom. The molecule has 1 fully saturated rings. The number of hydrogen-bond donors (Lipinski definition) is 0. The second-order valence-electron chi connectivity index (χ2n) is 3.73. The van der Waals surface area contributed by atoms with Crippen LogP contribution in [0.1, 0.15) is 32.6 Å². The van der Waals surface area contributed by atoms with Crippen LogP contribution in [0.15, 0.2) is 0 Å². The molecule has 0 aliphatic heterocycles. The van der Waals surface area contributed by atoms with Crippen LogP contribution in [-0.4, -0.2) is 37.7 Å². The molecule has 0 spiro atoms. The maximum atomic E-state index is 5.65. The fourth-order valence-electron chi connectivity index (χ4n) is 1.41. The van der Waals surface area contributed by atoms with E-state index in [0.717, 1.165) is 13.2 Å². The first-order chi connectivity index (χ1) is 5.83. The highest BCUT2D eigenvalue weighted by Crippen LogP contribution is 2.21. The van der Waals surface area contributed by atoms with Crippen molar-refractivity contribution in [2.45, 2.75) is 38.7 Å². The van der Waals surface area contributed by atoms with E-state index >= 15 is 0 Å². The van der Waals surface area contributed by atoms with E-state index in [2.05, 4.69) is 18.9 Å². The van der Waals surface area contributed by atoms with Gasteiger partial charge in [0.15, 0.2) is 0 Å². The Balaban J connectivity index is 1.86. The first-order valence-corrected chi connectivity index (χ1v) is 5.13. The fraction of sp³-hybridized carbons (Fsp3) is 1.00. The van der Waals surface area contributed by atoms with E-state index in [1.165, 1.54) is 32.2 Å². The molecule has 0 saturated heterocycles. The molecule has 1 rings (SSSR count). The smallest absolute Gasteiger partial charge is 0.0597 e. The zero-order chi connectivity index (χ0) is 8.81. The summed E-state index contributed by atoms with van der Waals surface area (Å²) in [5, 5.41) is 0. The zero-order valence-corrected chi connectivity index (χ0v) is 8.38. The Morgan fingerprint density at radius 2 is 2.08 bits per heavy atom. The second kappa shape index (κ2) is 5.55. The SMILES string of the molecule is CCCN(C)CCOC1CCC1. The number of rotatable bonds is 6. The van der Waals surface area contributed by atoms with Gasteiger partial charge in [-0.25, -0.2) is 0 Å². The zero-order valence-electron chi connectivity index (χ0n) is 8.38. The monoisotopic (exact) mass is 171 g/mol. The van der Waals surface area contributed by atoms with Gasteiger partial charge in [-0.15, -0.1) is 0 Å². The number of ether oxygens (including phenoxy) is 1. The minimum Gasteiger partial charge on any atom is -0.377 e. The van der Waals surface area contributed by atoms with Crippen molar-refractivity contribution < 1.29 is 4.74 Å². The van der Waals surface area contributed by atoms with Crippen LogP contribution in [0, 0.1) is 0 Å². The molecule has 2 heteroatoms. The van der Waals surface area contributed by atoms with Crippen molar-refractivity contribution in [3.05, 3.63) is 0 Å². The quantitative estimate of drug-likeness (QED) is 0.605. The van der Waals surface area contributed by atoms with Crippen LogP contribution in [0.4, 0.5) is 0 Å². The lowest BCUT2D eigenvalue weighted by atomic mass is 9.96. The van der Waals surface area contributed by atoms with Crippen LogP contribution in [0.3, 0.4) is 0 Å². The van der Waals surface area contributed by atoms with E-state index in [-0.39, 0.29) is 0 Å². The average molecular weight is 171 g/mol. The summed E-state index contributed by atoms with van der Waals surface area (Å²) in [5.41, 5.74) is 0. The van der Waals surface area contributed by atoms with Gasteiger partial charge in [0.05, 0.1) is 12.7 Å². The molecule has 1 aliphatic carbocycles. The van der Waals surface area contributed by atoms with Gasteiger partial charge < -0.3 is 9.64 Å². The molecule has 0 heterocycles. The van der Waals surface area contributed by atoms with Gasteiger partial charge in [0.2, 0.25) is 0 Å². The molecule has 72 valence electrons. The van der Waals surface area contributed by atoms with Crippen molar-refractivity contribution >= 4 is 0 Å². The molecular formula is C10H21NO. The molecule has 1 aliphatic rings. The Bertz CT molecular complexity index is 112. The lowest BCUT2D eigenvalue weighted by Crippen LogP contribution is -2.28. The third-order valence-corrected chi connectivity index (χ3v) is 2.48. The van der Waals surface area contributed by atoms with E-state index < -0.39 is 0 Å². The molecule has 2 nitrogen and oxygen atoms in total. The maximum absolute atomic E-state index is 5.65. The third-order valence-electron chi connectivity index (χ3n) is 2.48. The van der Waals surface area contributed by atoms with Crippen molar-refractivity contribution in [2.75, 3.05) is 26.7 Å². The van der Waals surface area contributed by atoms with E-state index in [1.54, 1.807) is 0 Å². The van der Waals surface area contributed by atoms with Gasteiger partial charge in [-0.1, -0.05) is 6.92 Å². The van der Waals surface area contributed by atoms with Crippen LogP contribution in [0.2, 0.25) is 0 Å². The largest absolute Gasteiger partial charge is 0.377 e. The molecule has 0 bridgehead atoms. The van der Waals surface area contributed by atoms with E-state index in [4.69, 9.17) is 4.74 Å². The number of likely N-dealkylation sites (N-methyl/N-ethyl adjacent to an activating group) is 1. The molecule has 0 N–H and O–H groups in total. The topological polar surface area (TPSA) is 12.5 Å². The molecule has 12 heavy (non-hydrogen) atoms. The summed E-state index contributed by atoms with van der Waals surface area (Å²) >= 11 is 0. The summed E-state index contributed by atoms with van der Waals surface area (Å²) in [7, 11) is 2.16. The normalized spacial score (nSPS) is 18.2. The second-order valence-corrected chi connectivity index (χ2v) is 3.73. The van der Waals surface area contributed by atoms with Crippen LogP contribution in [0.25, 0.3) is 0 Å². The molecule has 0 amide bonds. The van der Waals surface area contributed by atoms with Crippen LogP contribution in [0.5, 0.6) is 0 Å². The highest BCUT2D eigenvalue weighted by molar-refractivity contribution is 4.69. The van der Waals surface area contributed by atoms with Crippen molar-refractivity contribution in [2.24, 2.45) is 0 Å². The van der Waals surface area contributed by atoms with Crippen LogP contribution >= 0.6 is 0 Å². The molecule has 0 radical (unpaired) electrons. The lowest BCUT2D eigenvalue weighted by Gasteiger charge is -2.26. The highest BCUT2D eigenvalue weighted by Gasteiger charge is 2.17. The van der Waals surface area contributed by atoms with Gasteiger partial charge in [-0.3, -0.25) is 0 Å². The molecule has 0 unspecified atom stereocenters. The first kappa shape index (κ1) is 10.0. The summed E-state index contributed by atoms with van der Waals surface area (Å²) in [6, 6.07) is 0. The highest BCUT2D eigenvalue weighted by atomic mass is 16.5. The minimum absolute atomic E-state index is 0.597. The van der Waals surface area contributed by atoms with Crippen LogP contribution < -0.4 is 0 Å². The van der Waals surface area contributed by atoms with Crippen molar-refractivity contribution in [1.29, 1.82) is 0 Å². The predicted octanol–water partition coefficient (Wildman–Crippen LogP) is 1.90. The van der Waals surface area contributed by atoms with Gasteiger partial charge in [0.1, 0.15) is 0 Å². The van der Waals surface area contributed by atoms with Crippen molar-refractivity contribution in [1.82, 2.24) is 4.90 Å². The Morgan fingerprint density at radius 1 is 1.33 bits per heavy atom. The summed E-state index contributed by atoms with van der Waals surface area (Å²) in [4.78, 5) is 2.33. The van der Waals surface area contributed by atoms with Gasteiger partial charge in [-0.05, 0) is 39.3 Å². The number of nitrogens with zero attached hydrogens (tertiary/aromatic N) is 1. The maximum Gasteiger partial charge on any atom is 0.0597 e. The lowest BCUT2D eigenvalue weighted by molar-refractivity contribution is -0.00505. The first-order valence-electron chi connectivity index (χ1n) is 5.13. The standard InChI is InChI=1S/C10H21NO/c1-3-7-11(2)8-9-12-10-5-4-6-10/h10H,3-9H2,1-2H3. The summed E-state index contributed by atoms with van der Waals surface area (Å²) in [6.07, 6.45) is 5.78. The minimum atomic E-state index is 0.597. The average Bonchev–Trinajstić information content (AvgIpc) is 1.95. The molecule has 0 aromatic heterocycles. The van der Waals surface area contributed by atoms with E-state index in [9.17, 15) is 0 Å². The summed E-state index contributed by atoms with van der Waals surface area (Å²) in [6.45, 7) is 5.41. The van der Waals surface area contributed by atoms with Crippen molar-refractivity contribution in [3.63, 3.8) is 0 Å². The summed E-state index contributed by atoms with van der Waals surface area (Å²) in [5.74, 6) is 0. The fourth-order valence-corrected chi connectivity index (χ4v) is 1.41. The molecule has 1 saturated carbocycles. The predicted molar refractivity (Wildman–Crippen MR) is 51.4 cm³/mol. The molecule has 0 atom stereocenters.